The van der Waals surface area contributed by atoms with Crippen LogP contribution in [0.4, 0.5) is 0 Å². The summed E-state index contributed by atoms with van der Waals surface area (Å²) in [5.41, 5.74) is 1.41. The van der Waals surface area contributed by atoms with Gasteiger partial charge >= 0.3 is 0 Å². The summed E-state index contributed by atoms with van der Waals surface area (Å²) in [6.07, 6.45) is 3.69. The minimum atomic E-state index is 0.555. The van der Waals surface area contributed by atoms with Crippen LogP contribution in [0.1, 0.15) is 32.3 Å². The van der Waals surface area contributed by atoms with Crippen molar-refractivity contribution in [3.05, 3.63) is 34.3 Å². The minimum Gasteiger partial charge on any atom is -0.311 e. The molecule has 0 amide bonds. The molecule has 1 aromatic carbocycles. The SMILES string of the molecule is CCN1CCC(NC(C)Cc2ccc(Br)cc2)CC1. The first-order chi connectivity index (χ1) is 9.17. The largest absolute Gasteiger partial charge is 0.311 e. The first kappa shape index (κ1) is 15.0. The van der Waals surface area contributed by atoms with Crippen LogP contribution in [0, 0.1) is 0 Å². The predicted octanol–water partition coefficient (Wildman–Crippen LogP) is 3.45. The smallest absolute Gasteiger partial charge is 0.0175 e. The van der Waals surface area contributed by atoms with Crippen molar-refractivity contribution in [1.29, 1.82) is 0 Å². The third kappa shape index (κ3) is 4.90. The van der Waals surface area contributed by atoms with Gasteiger partial charge < -0.3 is 10.2 Å². The first-order valence-corrected chi connectivity index (χ1v) is 8.19. The molecule has 1 saturated heterocycles. The highest BCUT2D eigenvalue weighted by atomic mass is 79.9. The highest BCUT2D eigenvalue weighted by molar-refractivity contribution is 9.10. The number of halogens is 1. The van der Waals surface area contributed by atoms with Gasteiger partial charge in [-0.3, -0.25) is 0 Å². The van der Waals surface area contributed by atoms with E-state index < -0.39 is 0 Å². The van der Waals surface area contributed by atoms with Gasteiger partial charge in [-0.15, -0.1) is 0 Å². The molecule has 0 radical (unpaired) electrons. The predicted molar refractivity (Wildman–Crippen MR) is 85.6 cm³/mol. The van der Waals surface area contributed by atoms with Gasteiger partial charge in [0.05, 0.1) is 0 Å². The van der Waals surface area contributed by atoms with E-state index in [1.807, 2.05) is 0 Å². The van der Waals surface area contributed by atoms with Crippen LogP contribution in [0.5, 0.6) is 0 Å². The topological polar surface area (TPSA) is 15.3 Å². The molecule has 0 spiro atoms. The molecule has 1 fully saturated rings. The zero-order chi connectivity index (χ0) is 13.7. The lowest BCUT2D eigenvalue weighted by Gasteiger charge is -2.33. The second-order valence-corrected chi connectivity index (χ2v) is 6.52. The molecular formula is C16H25BrN2. The van der Waals surface area contributed by atoms with Gasteiger partial charge in [0.25, 0.3) is 0 Å². The van der Waals surface area contributed by atoms with Gasteiger partial charge in [-0.05, 0) is 63.5 Å². The number of nitrogens with one attached hydrogen (secondary N) is 1. The number of benzene rings is 1. The van der Waals surface area contributed by atoms with Crippen molar-refractivity contribution in [3.63, 3.8) is 0 Å². The Morgan fingerprint density at radius 1 is 1.26 bits per heavy atom. The molecule has 0 aromatic heterocycles. The van der Waals surface area contributed by atoms with E-state index in [2.05, 4.69) is 64.3 Å². The molecule has 1 aliphatic rings. The van der Waals surface area contributed by atoms with E-state index in [1.165, 1.54) is 38.0 Å². The number of rotatable bonds is 5. The molecule has 0 aliphatic carbocycles. The van der Waals surface area contributed by atoms with Gasteiger partial charge in [-0.1, -0.05) is 35.0 Å². The van der Waals surface area contributed by atoms with E-state index in [9.17, 15) is 0 Å². The molecule has 1 aromatic rings. The van der Waals surface area contributed by atoms with Crippen LogP contribution in [0.15, 0.2) is 28.7 Å². The summed E-state index contributed by atoms with van der Waals surface area (Å²) in [4.78, 5) is 2.54. The lowest BCUT2D eigenvalue weighted by atomic mass is 10.0. The fourth-order valence-corrected chi connectivity index (χ4v) is 3.12. The normalized spacial score (nSPS) is 19.5. The van der Waals surface area contributed by atoms with Crippen LogP contribution >= 0.6 is 15.9 Å². The molecule has 2 nitrogen and oxygen atoms in total. The Hall–Kier alpha value is -0.380. The molecule has 1 N–H and O–H groups in total. The summed E-state index contributed by atoms with van der Waals surface area (Å²) < 4.78 is 1.16. The van der Waals surface area contributed by atoms with Crippen LogP contribution in [0.3, 0.4) is 0 Å². The van der Waals surface area contributed by atoms with Crippen LogP contribution in [-0.4, -0.2) is 36.6 Å². The average Bonchev–Trinajstić information content (AvgIpc) is 2.42. The molecule has 3 heteroatoms. The van der Waals surface area contributed by atoms with Gasteiger partial charge in [-0.25, -0.2) is 0 Å². The maximum absolute atomic E-state index is 3.79. The lowest BCUT2D eigenvalue weighted by molar-refractivity contribution is 0.200. The molecule has 0 bridgehead atoms. The molecule has 2 rings (SSSR count). The molecule has 106 valence electrons. The highest BCUT2D eigenvalue weighted by Crippen LogP contribution is 2.14. The number of likely N-dealkylation sites (tertiary alicyclic amines) is 1. The Morgan fingerprint density at radius 2 is 1.89 bits per heavy atom. The molecule has 19 heavy (non-hydrogen) atoms. The van der Waals surface area contributed by atoms with Crippen molar-refractivity contribution in [2.75, 3.05) is 19.6 Å². The molecule has 1 unspecified atom stereocenters. The van der Waals surface area contributed by atoms with Crippen molar-refractivity contribution < 1.29 is 0 Å². The van der Waals surface area contributed by atoms with Gasteiger partial charge in [0.1, 0.15) is 0 Å². The second-order valence-electron chi connectivity index (χ2n) is 5.61. The second kappa shape index (κ2) is 7.41. The Morgan fingerprint density at radius 3 is 2.47 bits per heavy atom. The number of hydrogen-bond acceptors (Lipinski definition) is 2. The summed E-state index contributed by atoms with van der Waals surface area (Å²) in [6.45, 7) is 8.25. The summed E-state index contributed by atoms with van der Waals surface area (Å²) in [5.74, 6) is 0. The number of piperidine rings is 1. The molecule has 1 heterocycles. The summed E-state index contributed by atoms with van der Waals surface area (Å²) >= 11 is 3.48. The Bertz CT molecular complexity index is 369. The van der Waals surface area contributed by atoms with Gasteiger partial charge in [0, 0.05) is 16.6 Å². The quantitative estimate of drug-likeness (QED) is 0.892. The summed E-state index contributed by atoms with van der Waals surface area (Å²) in [6, 6.07) is 9.93. The molecular weight excluding hydrogens is 300 g/mol. The minimum absolute atomic E-state index is 0.555. The first-order valence-electron chi connectivity index (χ1n) is 7.40. The van der Waals surface area contributed by atoms with Crippen LogP contribution in [0.25, 0.3) is 0 Å². The Kier molecular flexibility index (Phi) is 5.86. The van der Waals surface area contributed by atoms with Crippen LogP contribution < -0.4 is 5.32 Å². The van der Waals surface area contributed by atoms with Gasteiger partial charge in [-0.2, -0.15) is 0 Å². The van der Waals surface area contributed by atoms with E-state index >= 15 is 0 Å². The standard InChI is InChI=1S/C16H25BrN2/c1-3-19-10-8-16(9-11-19)18-13(2)12-14-4-6-15(17)7-5-14/h4-7,13,16,18H,3,8-12H2,1-2H3. The highest BCUT2D eigenvalue weighted by Gasteiger charge is 2.19. The van der Waals surface area contributed by atoms with E-state index in [0.29, 0.717) is 12.1 Å². The molecule has 1 atom stereocenters. The van der Waals surface area contributed by atoms with E-state index in [1.54, 1.807) is 0 Å². The van der Waals surface area contributed by atoms with Gasteiger partial charge in [0.15, 0.2) is 0 Å². The van der Waals surface area contributed by atoms with Crippen molar-refractivity contribution in [2.45, 2.75) is 45.2 Å². The average molecular weight is 325 g/mol. The van der Waals surface area contributed by atoms with Gasteiger partial charge in [0.2, 0.25) is 0 Å². The summed E-state index contributed by atoms with van der Waals surface area (Å²) in [7, 11) is 0. The van der Waals surface area contributed by atoms with E-state index in [4.69, 9.17) is 0 Å². The monoisotopic (exact) mass is 324 g/mol. The third-order valence-electron chi connectivity index (χ3n) is 4.01. The molecule has 0 saturated carbocycles. The fraction of sp³-hybridized carbons (Fsp3) is 0.625. The van der Waals surface area contributed by atoms with E-state index in [0.717, 1.165) is 10.9 Å². The van der Waals surface area contributed by atoms with Crippen LogP contribution in [0.2, 0.25) is 0 Å². The maximum Gasteiger partial charge on any atom is 0.0175 e. The zero-order valence-corrected chi connectivity index (χ0v) is 13.6. The maximum atomic E-state index is 3.79. The Balaban J connectivity index is 1.75. The van der Waals surface area contributed by atoms with Crippen molar-refractivity contribution in [3.8, 4) is 0 Å². The van der Waals surface area contributed by atoms with Crippen molar-refractivity contribution in [1.82, 2.24) is 10.2 Å². The zero-order valence-electron chi connectivity index (χ0n) is 12.0. The van der Waals surface area contributed by atoms with Crippen molar-refractivity contribution in [2.24, 2.45) is 0 Å². The van der Waals surface area contributed by atoms with Crippen molar-refractivity contribution >= 4 is 15.9 Å². The fourth-order valence-electron chi connectivity index (χ4n) is 2.85. The third-order valence-corrected chi connectivity index (χ3v) is 4.54. The summed E-state index contributed by atoms with van der Waals surface area (Å²) in [5, 5.41) is 3.79. The number of nitrogens with zero attached hydrogens (tertiary/aromatic N) is 1. The number of hydrogen-bond donors (Lipinski definition) is 1. The molecule has 1 aliphatic heterocycles. The lowest BCUT2D eigenvalue weighted by Crippen LogP contribution is -2.45. The van der Waals surface area contributed by atoms with Crippen LogP contribution in [-0.2, 0) is 6.42 Å². The van der Waals surface area contributed by atoms with E-state index in [-0.39, 0.29) is 0 Å². The Labute approximate surface area is 125 Å².